The number of unbranched alkanes of at least 4 members (excludes halogenated alkanes) is 2. The zero-order chi connectivity index (χ0) is 14.7. The van der Waals surface area contributed by atoms with E-state index >= 15 is 0 Å². The average molecular weight is 272 g/mol. The lowest BCUT2D eigenvalue weighted by Gasteiger charge is -2.26. The zero-order valence-corrected chi connectivity index (χ0v) is 13.4. The fraction of sp³-hybridized carbons (Fsp3) is 0.933. The van der Waals surface area contributed by atoms with Gasteiger partial charge < -0.3 is 5.32 Å². The van der Waals surface area contributed by atoms with Crippen molar-refractivity contribution in [2.24, 2.45) is 0 Å². The van der Waals surface area contributed by atoms with Crippen LogP contribution in [0.3, 0.4) is 0 Å². The lowest BCUT2D eigenvalue weighted by Crippen LogP contribution is -2.43. The van der Waals surface area contributed by atoms with Crippen LogP contribution < -0.4 is 5.32 Å². The lowest BCUT2D eigenvalue weighted by atomic mass is 9.96. The van der Waals surface area contributed by atoms with Gasteiger partial charge in [-0.05, 0) is 20.3 Å². The number of hydrogen-bond donors (Lipinski definition) is 1. The number of amides is 1. The fourth-order valence-corrected chi connectivity index (χ4v) is 1.99. The summed E-state index contributed by atoms with van der Waals surface area (Å²) >= 11 is 0. The molecule has 0 aliphatic heterocycles. The van der Waals surface area contributed by atoms with Gasteiger partial charge in [0, 0.05) is 18.6 Å². The van der Waals surface area contributed by atoms with Crippen molar-refractivity contribution >= 4 is 5.91 Å². The van der Waals surface area contributed by atoms with Crippen molar-refractivity contribution in [2.45, 2.75) is 72.3 Å². The van der Waals surface area contributed by atoms with Gasteiger partial charge in [0.1, 0.15) is 0 Å². The third-order valence-electron chi connectivity index (χ3n) is 3.19. The van der Waals surface area contributed by atoms with E-state index < -0.39 is 0 Å². The molecule has 0 saturated heterocycles. The number of nitrogens with one attached hydrogen (secondary N) is 1. The van der Waals surface area contributed by atoms with E-state index in [9.17, 15) is 4.79 Å². The van der Waals surface area contributed by atoms with E-state index in [4.69, 9.17) is 4.84 Å². The van der Waals surface area contributed by atoms with Gasteiger partial charge in [-0.2, -0.15) is 5.06 Å². The molecule has 0 radical (unpaired) electrons. The van der Waals surface area contributed by atoms with Gasteiger partial charge in [-0.15, -0.1) is 0 Å². The molecule has 0 fully saturated rings. The Kier molecular flexibility index (Phi) is 9.88. The first-order valence-electron chi connectivity index (χ1n) is 7.64. The Bertz CT molecular complexity index is 238. The van der Waals surface area contributed by atoms with Crippen LogP contribution >= 0.6 is 0 Å². The van der Waals surface area contributed by atoms with E-state index in [2.05, 4.69) is 26.1 Å². The largest absolute Gasteiger partial charge is 0.351 e. The minimum absolute atomic E-state index is 0.0775. The number of nitrogens with zero attached hydrogens (tertiary/aromatic N) is 1. The molecule has 4 heteroatoms. The minimum Gasteiger partial charge on any atom is -0.351 e. The molecule has 0 spiro atoms. The number of carbonyl (C=O) groups excluding carboxylic acids is 1. The molecule has 0 unspecified atom stereocenters. The molecule has 19 heavy (non-hydrogen) atoms. The van der Waals surface area contributed by atoms with Crippen LogP contribution in [-0.4, -0.2) is 36.2 Å². The van der Waals surface area contributed by atoms with Gasteiger partial charge in [0.2, 0.25) is 5.91 Å². The molecule has 0 atom stereocenters. The number of hydroxylamine groups is 2. The van der Waals surface area contributed by atoms with E-state index in [-0.39, 0.29) is 11.4 Å². The zero-order valence-electron chi connectivity index (χ0n) is 13.4. The van der Waals surface area contributed by atoms with Crippen LogP contribution in [0.25, 0.3) is 0 Å². The Balaban J connectivity index is 3.83. The highest BCUT2D eigenvalue weighted by atomic mass is 16.7. The fourth-order valence-electron chi connectivity index (χ4n) is 1.99. The van der Waals surface area contributed by atoms with E-state index in [1.165, 1.54) is 19.3 Å². The Morgan fingerprint density at radius 1 is 1.16 bits per heavy atom. The van der Waals surface area contributed by atoms with Crippen molar-refractivity contribution in [3.8, 4) is 0 Å². The minimum atomic E-state index is -0.110. The normalized spacial score (nSPS) is 11.9. The summed E-state index contributed by atoms with van der Waals surface area (Å²) in [6, 6.07) is 0. The Labute approximate surface area is 118 Å². The maximum Gasteiger partial charge on any atom is 0.222 e. The molecule has 1 N–H and O–H groups in total. The van der Waals surface area contributed by atoms with Crippen LogP contribution in [0.2, 0.25) is 0 Å². The molecule has 0 heterocycles. The molecule has 4 nitrogen and oxygen atoms in total. The maximum absolute atomic E-state index is 11.8. The second-order valence-corrected chi connectivity index (χ2v) is 5.59. The number of carbonyl (C=O) groups is 1. The van der Waals surface area contributed by atoms with Crippen molar-refractivity contribution in [1.29, 1.82) is 0 Å². The molecular weight excluding hydrogens is 240 g/mol. The molecule has 1 amide bonds. The van der Waals surface area contributed by atoms with E-state index in [1.807, 2.05) is 18.9 Å². The molecule has 0 aromatic rings. The van der Waals surface area contributed by atoms with Crippen molar-refractivity contribution < 1.29 is 9.63 Å². The molecular formula is C15H32N2O2. The monoisotopic (exact) mass is 272 g/mol. The molecule has 0 aliphatic carbocycles. The summed E-state index contributed by atoms with van der Waals surface area (Å²) in [5.74, 6) is 0.0775. The van der Waals surface area contributed by atoms with Crippen molar-refractivity contribution in [3.05, 3.63) is 0 Å². The third-order valence-corrected chi connectivity index (χ3v) is 3.19. The molecule has 0 aliphatic rings. The molecule has 0 aromatic carbocycles. The smallest absolute Gasteiger partial charge is 0.222 e. The standard InChI is InChI=1S/C15H32N2O2/c1-6-9-10-12-15(4,5)16-14(18)11-13-19-17(7-2)8-3/h6-13H2,1-5H3,(H,16,18). The van der Waals surface area contributed by atoms with E-state index in [1.54, 1.807) is 0 Å². The van der Waals surface area contributed by atoms with Crippen molar-refractivity contribution in [1.82, 2.24) is 10.4 Å². The Morgan fingerprint density at radius 3 is 2.32 bits per heavy atom. The van der Waals surface area contributed by atoms with Gasteiger partial charge >= 0.3 is 0 Å². The highest BCUT2D eigenvalue weighted by Gasteiger charge is 2.19. The van der Waals surface area contributed by atoms with Crippen LogP contribution in [0, 0.1) is 0 Å². The van der Waals surface area contributed by atoms with Gasteiger partial charge in [-0.3, -0.25) is 9.63 Å². The summed E-state index contributed by atoms with van der Waals surface area (Å²) in [5, 5.41) is 4.95. The molecule has 114 valence electrons. The van der Waals surface area contributed by atoms with Gasteiger partial charge in [0.25, 0.3) is 0 Å². The van der Waals surface area contributed by atoms with Gasteiger partial charge in [0.05, 0.1) is 13.0 Å². The quantitative estimate of drug-likeness (QED) is 0.464. The topological polar surface area (TPSA) is 41.6 Å². The molecule has 0 saturated carbocycles. The molecule has 0 rings (SSSR count). The first kappa shape index (κ1) is 18.4. The highest BCUT2D eigenvalue weighted by molar-refractivity contribution is 5.76. The molecule has 0 bridgehead atoms. The van der Waals surface area contributed by atoms with Crippen LogP contribution in [0.1, 0.15) is 66.7 Å². The van der Waals surface area contributed by atoms with Gasteiger partial charge in [-0.25, -0.2) is 0 Å². The summed E-state index contributed by atoms with van der Waals surface area (Å²) in [4.78, 5) is 17.3. The predicted octanol–water partition coefficient (Wildman–Crippen LogP) is 3.13. The van der Waals surface area contributed by atoms with Crippen LogP contribution in [0.5, 0.6) is 0 Å². The first-order valence-corrected chi connectivity index (χ1v) is 7.64. The van der Waals surface area contributed by atoms with Crippen LogP contribution in [0.4, 0.5) is 0 Å². The summed E-state index contributed by atoms with van der Waals surface area (Å²) in [7, 11) is 0. The Morgan fingerprint density at radius 2 is 1.79 bits per heavy atom. The number of hydrogen-bond acceptors (Lipinski definition) is 3. The second kappa shape index (κ2) is 10.2. The summed E-state index contributed by atoms with van der Waals surface area (Å²) in [6.07, 6.45) is 5.06. The SMILES string of the molecule is CCCCCC(C)(C)NC(=O)CCON(CC)CC. The third kappa shape index (κ3) is 9.91. The van der Waals surface area contributed by atoms with Gasteiger partial charge in [0.15, 0.2) is 0 Å². The van der Waals surface area contributed by atoms with Gasteiger partial charge in [-0.1, -0.05) is 40.0 Å². The van der Waals surface area contributed by atoms with E-state index in [0.29, 0.717) is 13.0 Å². The summed E-state index contributed by atoms with van der Waals surface area (Å²) < 4.78 is 0. The van der Waals surface area contributed by atoms with E-state index in [0.717, 1.165) is 19.5 Å². The average Bonchev–Trinajstić information content (AvgIpc) is 2.34. The van der Waals surface area contributed by atoms with Crippen LogP contribution in [-0.2, 0) is 9.63 Å². The van der Waals surface area contributed by atoms with Crippen LogP contribution in [0.15, 0.2) is 0 Å². The lowest BCUT2D eigenvalue weighted by molar-refractivity contribution is -0.158. The first-order chi connectivity index (χ1) is 8.95. The maximum atomic E-state index is 11.8. The summed E-state index contributed by atoms with van der Waals surface area (Å²) in [6.45, 7) is 12.6. The second-order valence-electron chi connectivity index (χ2n) is 5.59. The number of rotatable bonds is 11. The Hall–Kier alpha value is -0.610. The highest BCUT2D eigenvalue weighted by Crippen LogP contribution is 2.14. The van der Waals surface area contributed by atoms with Crippen molar-refractivity contribution in [2.75, 3.05) is 19.7 Å². The molecule has 0 aromatic heterocycles. The summed E-state index contributed by atoms with van der Waals surface area (Å²) in [5.41, 5.74) is -0.110. The predicted molar refractivity (Wildman–Crippen MR) is 79.9 cm³/mol. The van der Waals surface area contributed by atoms with Crippen molar-refractivity contribution in [3.63, 3.8) is 0 Å².